The third-order valence-corrected chi connectivity index (χ3v) is 6.26. The number of hydrogen-bond acceptors (Lipinski definition) is 4. The minimum atomic E-state index is -0.544. The van der Waals surface area contributed by atoms with Gasteiger partial charge in [-0.25, -0.2) is 18.7 Å². The quantitative estimate of drug-likeness (QED) is 0.214. The van der Waals surface area contributed by atoms with Crippen molar-refractivity contribution < 1.29 is 18.3 Å². The van der Waals surface area contributed by atoms with Crippen molar-refractivity contribution >= 4 is 22.6 Å². The fourth-order valence-electron chi connectivity index (χ4n) is 4.18. The number of halogens is 3. The van der Waals surface area contributed by atoms with E-state index in [0.29, 0.717) is 47.1 Å². The first kappa shape index (κ1) is 24.9. The number of ether oxygens (including phenoxy) is 2. The van der Waals surface area contributed by atoms with Gasteiger partial charge in [-0.3, -0.25) is 0 Å². The van der Waals surface area contributed by atoms with Crippen molar-refractivity contribution in [3.8, 4) is 17.0 Å². The first-order valence-corrected chi connectivity index (χ1v) is 12.2. The van der Waals surface area contributed by atoms with E-state index in [9.17, 15) is 4.39 Å². The molecule has 0 amide bonds. The van der Waals surface area contributed by atoms with E-state index in [0.717, 1.165) is 16.9 Å². The van der Waals surface area contributed by atoms with Crippen LogP contribution in [0.25, 0.3) is 22.3 Å². The molecule has 37 heavy (non-hydrogen) atoms. The summed E-state index contributed by atoms with van der Waals surface area (Å²) in [6, 6.07) is 22.5. The number of fused-ring (bicyclic) bond motifs is 1. The molecule has 2 aromatic heterocycles. The maximum atomic E-state index is 15.2. The zero-order valence-electron chi connectivity index (χ0n) is 20.1. The molecule has 188 valence electrons. The lowest BCUT2D eigenvalue weighted by Crippen LogP contribution is -2.09. The summed E-state index contributed by atoms with van der Waals surface area (Å²) >= 11 is 5.79. The van der Waals surface area contributed by atoms with Crippen LogP contribution in [0.15, 0.2) is 78.9 Å². The van der Waals surface area contributed by atoms with Crippen LogP contribution in [0.1, 0.15) is 17.1 Å². The largest absolute Gasteiger partial charge is 0.484 e. The number of pyridine rings is 1. The minimum absolute atomic E-state index is 0.0602. The minimum Gasteiger partial charge on any atom is -0.484 e. The second-order valence-corrected chi connectivity index (χ2v) is 8.96. The van der Waals surface area contributed by atoms with E-state index in [1.54, 1.807) is 31.4 Å². The highest BCUT2D eigenvalue weighted by Crippen LogP contribution is 2.25. The van der Waals surface area contributed by atoms with Crippen LogP contribution in [-0.2, 0) is 24.3 Å². The van der Waals surface area contributed by atoms with Gasteiger partial charge in [-0.05, 0) is 54.1 Å². The molecule has 0 aliphatic heterocycles. The Morgan fingerprint density at radius 3 is 2.57 bits per heavy atom. The number of aromatic nitrogens is 3. The monoisotopic (exact) mass is 519 g/mol. The summed E-state index contributed by atoms with van der Waals surface area (Å²) in [5.74, 6) is -0.0216. The van der Waals surface area contributed by atoms with E-state index in [1.165, 1.54) is 18.2 Å². The van der Waals surface area contributed by atoms with Gasteiger partial charge in [0.2, 0.25) is 0 Å². The molecule has 0 fully saturated rings. The molecule has 0 atom stereocenters. The highest BCUT2D eigenvalue weighted by molar-refractivity contribution is 6.30. The predicted octanol–water partition coefficient (Wildman–Crippen LogP) is 6.85. The van der Waals surface area contributed by atoms with Crippen LogP contribution in [-0.4, -0.2) is 28.3 Å². The summed E-state index contributed by atoms with van der Waals surface area (Å²) in [5, 5.41) is 0.294. The van der Waals surface area contributed by atoms with Crippen LogP contribution >= 0.6 is 11.6 Å². The van der Waals surface area contributed by atoms with Gasteiger partial charge in [0.25, 0.3) is 0 Å². The maximum Gasteiger partial charge on any atom is 0.166 e. The van der Waals surface area contributed by atoms with Gasteiger partial charge in [0, 0.05) is 30.7 Å². The third kappa shape index (κ3) is 5.63. The fourth-order valence-corrected chi connectivity index (χ4v) is 4.34. The van der Waals surface area contributed by atoms with Crippen molar-refractivity contribution in [2.45, 2.75) is 19.6 Å². The molecule has 8 heteroatoms. The second kappa shape index (κ2) is 11.1. The van der Waals surface area contributed by atoms with Crippen LogP contribution in [0.5, 0.6) is 5.75 Å². The highest BCUT2D eigenvalue weighted by atomic mass is 35.5. The topological polar surface area (TPSA) is 49.2 Å². The highest BCUT2D eigenvalue weighted by Gasteiger charge is 2.14. The maximum absolute atomic E-state index is 15.2. The molecule has 0 aliphatic carbocycles. The first-order valence-electron chi connectivity index (χ1n) is 11.8. The molecule has 0 saturated carbocycles. The average Bonchev–Trinajstić information content (AvgIpc) is 3.25. The van der Waals surface area contributed by atoms with Gasteiger partial charge < -0.3 is 14.0 Å². The molecule has 0 radical (unpaired) electrons. The lowest BCUT2D eigenvalue weighted by atomic mass is 10.0. The van der Waals surface area contributed by atoms with E-state index in [-0.39, 0.29) is 18.2 Å². The SMILES string of the molecule is COCCn1c(Cc2ccc(-c3cccc(COc4ccc(Cl)cc4F)n3)cc2F)nc2ccccc21. The molecular formula is C29H24ClF2N3O2. The first-order chi connectivity index (χ1) is 18.0. The standard InChI is InChI=1S/C29H24ClF2N3O2/c1-36-14-13-35-27-8-3-2-6-26(27)34-29(35)16-19-9-10-20(15-23(19)31)25-7-4-5-22(33-25)18-37-28-12-11-21(30)17-24(28)32/h2-12,15,17H,13-14,16,18H2,1H3. The predicted molar refractivity (Wildman–Crippen MR) is 140 cm³/mol. The number of rotatable bonds is 9. The number of imidazole rings is 1. The van der Waals surface area contributed by atoms with Gasteiger partial charge in [0.05, 0.1) is 29.0 Å². The van der Waals surface area contributed by atoms with Crippen LogP contribution in [0.2, 0.25) is 5.02 Å². The number of nitrogens with zero attached hydrogens (tertiary/aromatic N) is 3. The summed E-state index contributed by atoms with van der Waals surface area (Å²) < 4.78 is 42.1. The normalized spacial score (nSPS) is 11.2. The van der Waals surface area contributed by atoms with Crippen molar-refractivity contribution in [3.05, 3.63) is 113 Å². The van der Waals surface area contributed by atoms with Crippen LogP contribution < -0.4 is 4.74 Å². The van der Waals surface area contributed by atoms with Crippen molar-refractivity contribution in [2.24, 2.45) is 0 Å². The Balaban J connectivity index is 1.35. The van der Waals surface area contributed by atoms with E-state index >= 15 is 4.39 Å². The molecule has 3 aromatic carbocycles. The van der Waals surface area contributed by atoms with Gasteiger partial charge in [-0.1, -0.05) is 41.9 Å². The van der Waals surface area contributed by atoms with Gasteiger partial charge in [0.1, 0.15) is 18.2 Å². The van der Waals surface area contributed by atoms with Gasteiger partial charge >= 0.3 is 0 Å². The van der Waals surface area contributed by atoms with Crippen molar-refractivity contribution in [1.29, 1.82) is 0 Å². The molecule has 0 bridgehead atoms. The van der Waals surface area contributed by atoms with E-state index in [2.05, 4.69) is 9.55 Å². The molecular weight excluding hydrogens is 496 g/mol. The van der Waals surface area contributed by atoms with Crippen molar-refractivity contribution in [2.75, 3.05) is 13.7 Å². The lowest BCUT2D eigenvalue weighted by Gasteiger charge is -2.11. The Labute approximate surface area is 218 Å². The molecule has 0 N–H and O–H groups in total. The fraction of sp³-hybridized carbons (Fsp3) is 0.172. The van der Waals surface area contributed by atoms with Crippen molar-refractivity contribution in [1.82, 2.24) is 14.5 Å². The summed E-state index contributed by atoms with van der Waals surface area (Å²) in [5.41, 5.74) is 4.21. The molecule has 2 heterocycles. The Bertz CT molecular complexity index is 1550. The number of methoxy groups -OCH3 is 1. The van der Waals surface area contributed by atoms with Crippen LogP contribution in [0.3, 0.4) is 0 Å². The summed E-state index contributed by atoms with van der Waals surface area (Å²) in [4.78, 5) is 9.30. The number of hydrogen-bond donors (Lipinski definition) is 0. The summed E-state index contributed by atoms with van der Waals surface area (Å²) in [6.07, 6.45) is 0.346. The molecule has 5 rings (SSSR count). The van der Waals surface area contributed by atoms with Crippen molar-refractivity contribution in [3.63, 3.8) is 0 Å². The smallest absolute Gasteiger partial charge is 0.166 e. The van der Waals surface area contributed by atoms with Crippen LogP contribution in [0.4, 0.5) is 8.78 Å². The molecule has 5 aromatic rings. The number of benzene rings is 3. The van der Waals surface area contributed by atoms with Gasteiger partial charge in [-0.15, -0.1) is 0 Å². The zero-order chi connectivity index (χ0) is 25.8. The number of para-hydroxylation sites is 2. The second-order valence-electron chi connectivity index (χ2n) is 8.52. The van der Waals surface area contributed by atoms with Gasteiger partial charge in [-0.2, -0.15) is 0 Å². The third-order valence-electron chi connectivity index (χ3n) is 6.03. The van der Waals surface area contributed by atoms with Crippen LogP contribution in [0, 0.1) is 11.6 Å². The molecule has 5 nitrogen and oxygen atoms in total. The van der Waals surface area contributed by atoms with E-state index in [4.69, 9.17) is 26.1 Å². The summed E-state index contributed by atoms with van der Waals surface area (Å²) in [7, 11) is 1.66. The average molecular weight is 520 g/mol. The Hall–Kier alpha value is -3.81. The van der Waals surface area contributed by atoms with E-state index in [1.807, 2.05) is 36.4 Å². The lowest BCUT2D eigenvalue weighted by molar-refractivity contribution is 0.187. The van der Waals surface area contributed by atoms with Gasteiger partial charge in [0.15, 0.2) is 11.6 Å². The molecule has 0 spiro atoms. The summed E-state index contributed by atoms with van der Waals surface area (Å²) in [6.45, 7) is 1.22. The molecule has 0 saturated heterocycles. The zero-order valence-corrected chi connectivity index (χ0v) is 20.9. The Kier molecular flexibility index (Phi) is 7.44. The van der Waals surface area contributed by atoms with E-state index < -0.39 is 5.82 Å². The Morgan fingerprint density at radius 1 is 0.892 bits per heavy atom. The Morgan fingerprint density at radius 2 is 1.76 bits per heavy atom. The molecule has 0 aliphatic rings. The molecule has 0 unspecified atom stereocenters.